The number of ether oxygens (including phenoxy) is 1. The Morgan fingerprint density at radius 2 is 1.85 bits per heavy atom. The third kappa shape index (κ3) is 2.58. The SMILES string of the molecule is Fc1cc(Br)cc(OC(F)F)c1F. The lowest BCUT2D eigenvalue weighted by molar-refractivity contribution is -0.0525. The van der Waals surface area contributed by atoms with Gasteiger partial charge in [-0.2, -0.15) is 13.2 Å². The van der Waals surface area contributed by atoms with Gasteiger partial charge in [0.15, 0.2) is 11.6 Å². The van der Waals surface area contributed by atoms with E-state index in [0.717, 1.165) is 12.1 Å². The third-order valence-corrected chi connectivity index (χ3v) is 1.63. The Labute approximate surface area is 79.4 Å². The number of halogens is 5. The number of benzene rings is 1. The van der Waals surface area contributed by atoms with E-state index in [2.05, 4.69) is 20.7 Å². The Bertz CT molecular complexity index is 316. The molecule has 1 aromatic carbocycles. The zero-order valence-electron chi connectivity index (χ0n) is 6.03. The Kier molecular flexibility index (Phi) is 3.13. The summed E-state index contributed by atoms with van der Waals surface area (Å²) >= 11 is 2.81. The third-order valence-electron chi connectivity index (χ3n) is 1.18. The second-order valence-electron chi connectivity index (χ2n) is 2.08. The van der Waals surface area contributed by atoms with Gasteiger partial charge in [-0.1, -0.05) is 15.9 Å². The highest BCUT2D eigenvalue weighted by atomic mass is 79.9. The van der Waals surface area contributed by atoms with Crippen LogP contribution in [-0.2, 0) is 0 Å². The van der Waals surface area contributed by atoms with Crippen molar-refractivity contribution in [2.45, 2.75) is 6.61 Å². The topological polar surface area (TPSA) is 9.23 Å². The molecule has 0 bridgehead atoms. The number of hydrogen-bond donors (Lipinski definition) is 0. The van der Waals surface area contributed by atoms with Crippen LogP contribution in [0, 0.1) is 11.6 Å². The predicted molar refractivity (Wildman–Crippen MR) is 40.7 cm³/mol. The highest BCUT2D eigenvalue weighted by molar-refractivity contribution is 9.10. The molecule has 0 spiro atoms. The van der Waals surface area contributed by atoms with E-state index in [9.17, 15) is 17.6 Å². The molecule has 0 aliphatic heterocycles. The maximum atomic E-state index is 12.7. The fraction of sp³-hybridized carbons (Fsp3) is 0.143. The molecule has 0 aliphatic carbocycles. The first kappa shape index (κ1) is 10.3. The van der Waals surface area contributed by atoms with Gasteiger partial charge in [-0.3, -0.25) is 0 Å². The number of rotatable bonds is 2. The van der Waals surface area contributed by atoms with Crippen molar-refractivity contribution in [3.05, 3.63) is 28.2 Å². The highest BCUT2D eigenvalue weighted by Crippen LogP contribution is 2.26. The van der Waals surface area contributed by atoms with E-state index in [1.165, 1.54) is 0 Å². The molecule has 1 aromatic rings. The van der Waals surface area contributed by atoms with Gasteiger partial charge in [0.2, 0.25) is 5.82 Å². The first-order valence-corrected chi connectivity index (χ1v) is 3.89. The van der Waals surface area contributed by atoms with Crippen molar-refractivity contribution in [1.82, 2.24) is 0 Å². The van der Waals surface area contributed by atoms with Crippen LogP contribution in [0.1, 0.15) is 0 Å². The molecule has 1 nitrogen and oxygen atoms in total. The van der Waals surface area contributed by atoms with Crippen LogP contribution in [0.25, 0.3) is 0 Å². The summed E-state index contributed by atoms with van der Waals surface area (Å²) in [6.45, 7) is -3.18. The van der Waals surface area contributed by atoms with Gasteiger partial charge < -0.3 is 4.74 Å². The minimum Gasteiger partial charge on any atom is -0.432 e. The summed E-state index contributed by atoms with van der Waals surface area (Å²) in [4.78, 5) is 0. The Balaban J connectivity index is 3.05. The monoisotopic (exact) mass is 258 g/mol. The molecule has 0 amide bonds. The maximum Gasteiger partial charge on any atom is 0.387 e. The lowest BCUT2D eigenvalue weighted by Gasteiger charge is -2.06. The molecular formula is C7H3BrF4O. The standard InChI is InChI=1S/C7H3BrF4O/c8-3-1-4(9)6(10)5(2-3)13-7(11)12/h1-2,7H. The molecule has 1 rings (SSSR count). The van der Waals surface area contributed by atoms with Crippen LogP contribution in [0.5, 0.6) is 5.75 Å². The molecule has 0 saturated heterocycles. The molecule has 13 heavy (non-hydrogen) atoms. The molecule has 0 radical (unpaired) electrons. The van der Waals surface area contributed by atoms with Gasteiger partial charge in [-0.05, 0) is 12.1 Å². The predicted octanol–water partition coefficient (Wildman–Crippen LogP) is 3.33. The zero-order valence-corrected chi connectivity index (χ0v) is 7.62. The average molecular weight is 259 g/mol. The summed E-state index contributed by atoms with van der Waals surface area (Å²) in [5.74, 6) is -3.49. The first-order valence-electron chi connectivity index (χ1n) is 3.10. The van der Waals surface area contributed by atoms with E-state index in [1.807, 2.05) is 0 Å². The van der Waals surface area contributed by atoms with Crippen molar-refractivity contribution >= 4 is 15.9 Å². The fourth-order valence-electron chi connectivity index (χ4n) is 0.714. The van der Waals surface area contributed by atoms with Crippen LogP contribution in [0.3, 0.4) is 0 Å². The van der Waals surface area contributed by atoms with Gasteiger partial charge in [-0.15, -0.1) is 0 Å². The van der Waals surface area contributed by atoms with E-state index in [1.54, 1.807) is 0 Å². The van der Waals surface area contributed by atoms with Crippen LogP contribution in [-0.4, -0.2) is 6.61 Å². The lowest BCUT2D eigenvalue weighted by Crippen LogP contribution is -2.04. The summed E-state index contributed by atoms with van der Waals surface area (Å²) in [6, 6.07) is 1.73. The van der Waals surface area contributed by atoms with E-state index in [-0.39, 0.29) is 4.47 Å². The molecule has 0 N–H and O–H groups in total. The highest BCUT2D eigenvalue weighted by Gasteiger charge is 2.14. The normalized spacial score (nSPS) is 10.6. The quantitative estimate of drug-likeness (QED) is 0.584. The van der Waals surface area contributed by atoms with Crippen molar-refractivity contribution in [2.24, 2.45) is 0 Å². The summed E-state index contributed by atoms with van der Waals surface area (Å²) < 4.78 is 52.4. The summed E-state index contributed by atoms with van der Waals surface area (Å²) in [6.07, 6.45) is 0. The van der Waals surface area contributed by atoms with Crippen LogP contribution in [0.4, 0.5) is 17.6 Å². The van der Waals surface area contributed by atoms with Crippen LogP contribution in [0.15, 0.2) is 16.6 Å². The molecule has 0 fully saturated rings. The van der Waals surface area contributed by atoms with Crippen LogP contribution >= 0.6 is 15.9 Å². The Morgan fingerprint density at radius 1 is 1.23 bits per heavy atom. The molecule has 0 aromatic heterocycles. The van der Waals surface area contributed by atoms with Crippen molar-refractivity contribution < 1.29 is 22.3 Å². The van der Waals surface area contributed by atoms with Crippen molar-refractivity contribution in [3.63, 3.8) is 0 Å². The summed E-state index contributed by atoms with van der Waals surface area (Å²) in [7, 11) is 0. The maximum absolute atomic E-state index is 12.7. The van der Waals surface area contributed by atoms with Crippen molar-refractivity contribution in [1.29, 1.82) is 0 Å². The minimum absolute atomic E-state index is 0.127. The van der Waals surface area contributed by atoms with E-state index in [4.69, 9.17) is 0 Å². The molecule has 72 valence electrons. The molecule has 0 atom stereocenters. The van der Waals surface area contributed by atoms with Gasteiger partial charge in [0.05, 0.1) is 0 Å². The van der Waals surface area contributed by atoms with Crippen LogP contribution in [0.2, 0.25) is 0 Å². The Morgan fingerprint density at radius 3 is 2.38 bits per heavy atom. The first-order chi connectivity index (χ1) is 6.00. The smallest absolute Gasteiger partial charge is 0.387 e. The Hall–Kier alpha value is -0.780. The van der Waals surface area contributed by atoms with Crippen molar-refractivity contribution in [2.75, 3.05) is 0 Å². The van der Waals surface area contributed by atoms with E-state index < -0.39 is 24.0 Å². The number of hydrogen-bond acceptors (Lipinski definition) is 1. The van der Waals surface area contributed by atoms with E-state index in [0.29, 0.717) is 0 Å². The van der Waals surface area contributed by atoms with Gasteiger partial charge in [0, 0.05) is 4.47 Å². The molecule has 0 unspecified atom stereocenters. The van der Waals surface area contributed by atoms with Gasteiger partial charge in [-0.25, -0.2) is 4.39 Å². The average Bonchev–Trinajstić information content (AvgIpc) is 1.98. The van der Waals surface area contributed by atoms with E-state index >= 15 is 0 Å². The molecule has 0 saturated carbocycles. The van der Waals surface area contributed by atoms with Crippen molar-refractivity contribution in [3.8, 4) is 5.75 Å². The van der Waals surface area contributed by atoms with Gasteiger partial charge >= 0.3 is 6.61 Å². The molecule has 6 heteroatoms. The second-order valence-corrected chi connectivity index (χ2v) is 2.99. The summed E-state index contributed by atoms with van der Waals surface area (Å²) in [5.41, 5.74) is 0. The fourth-order valence-corrected chi connectivity index (χ4v) is 1.12. The number of alkyl halides is 2. The van der Waals surface area contributed by atoms with Crippen LogP contribution < -0.4 is 4.74 Å². The lowest BCUT2D eigenvalue weighted by atomic mass is 10.3. The molecule has 0 heterocycles. The zero-order chi connectivity index (χ0) is 10.0. The molecular weight excluding hydrogens is 256 g/mol. The minimum atomic E-state index is -3.18. The summed E-state index contributed by atoms with van der Waals surface area (Å²) in [5, 5.41) is 0. The second kappa shape index (κ2) is 3.95. The molecule has 0 aliphatic rings. The largest absolute Gasteiger partial charge is 0.432 e. The van der Waals surface area contributed by atoms with Gasteiger partial charge in [0.25, 0.3) is 0 Å². The van der Waals surface area contributed by atoms with Gasteiger partial charge in [0.1, 0.15) is 0 Å².